The summed E-state index contributed by atoms with van der Waals surface area (Å²) in [7, 11) is 0. The van der Waals surface area contributed by atoms with E-state index in [-0.39, 0.29) is 5.92 Å². The number of carboxylic acid groups (broad SMARTS) is 1. The zero-order valence-electron chi connectivity index (χ0n) is 19.2. The van der Waals surface area contributed by atoms with Crippen molar-refractivity contribution >= 4 is 17.6 Å². The number of aliphatic hydroxyl groups excluding tert-OH is 1. The van der Waals surface area contributed by atoms with Gasteiger partial charge < -0.3 is 15.5 Å². The predicted octanol–water partition coefficient (Wildman–Crippen LogP) is 5.82. The number of nitrogens with one attached hydrogen (secondary N) is 1. The van der Waals surface area contributed by atoms with Gasteiger partial charge in [-0.15, -0.1) is 0 Å². The molecule has 1 aliphatic carbocycles. The molecule has 3 aromatic rings. The lowest BCUT2D eigenvalue weighted by Gasteiger charge is -2.27. The van der Waals surface area contributed by atoms with Crippen LogP contribution in [0.5, 0.6) is 0 Å². The largest absolute Gasteiger partial charge is 0.481 e. The Kier molecular flexibility index (Phi) is 7.04. The average Bonchev–Trinajstić information content (AvgIpc) is 2.79. The van der Waals surface area contributed by atoms with Crippen molar-refractivity contribution < 1.29 is 15.0 Å². The first kappa shape index (κ1) is 22.9. The fraction of sp³-hybridized carbons (Fsp3) is 0.370. The van der Waals surface area contributed by atoms with Gasteiger partial charge in [-0.3, -0.25) is 4.79 Å². The van der Waals surface area contributed by atoms with Crippen LogP contribution >= 0.6 is 0 Å². The Bertz CT molecular complexity index is 1110. The van der Waals surface area contributed by atoms with Crippen LogP contribution in [0.1, 0.15) is 55.0 Å². The molecule has 1 fully saturated rings. The number of hydrogen-bond donors (Lipinski definition) is 3. The van der Waals surface area contributed by atoms with E-state index >= 15 is 0 Å². The van der Waals surface area contributed by atoms with E-state index in [0.717, 1.165) is 46.5 Å². The molecule has 1 atom stereocenters. The molecule has 0 aliphatic heterocycles. The van der Waals surface area contributed by atoms with E-state index in [9.17, 15) is 9.90 Å². The quantitative estimate of drug-likeness (QED) is 0.424. The number of aryl methyl sites for hydroxylation is 2. The summed E-state index contributed by atoms with van der Waals surface area (Å²) in [5, 5.41) is 23.2. The minimum Gasteiger partial charge on any atom is -0.481 e. The van der Waals surface area contributed by atoms with Crippen molar-refractivity contribution in [1.29, 1.82) is 0 Å². The van der Waals surface area contributed by atoms with Crippen LogP contribution in [0.25, 0.3) is 11.1 Å². The molecule has 1 saturated carbocycles. The molecule has 1 aromatic heterocycles. The van der Waals surface area contributed by atoms with E-state index in [1.165, 1.54) is 0 Å². The number of aliphatic carboxylic acids is 1. The highest BCUT2D eigenvalue weighted by molar-refractivity contribution is 5.71. The third-order valence-corrected chi connectivity index (χ3v) is 6.51. The molecule has 0 amide bonds. The highest BCUT2D eigenvalue weighted by Crippen LogP contribution is 2.35. The van der Waals surface area contributed by atoms with Gasteiger partial charge >= 0.3 is 5.97 Å². The summed E-state index contributed by atoms with van der Waals surface area (Å²) in [6, 6.07) is 16.2. The smallest absolute Gasteiger partial charge is 0.306 e. The average molecular weight is 446 g/mol. The Balaban J connectivity index is 1.42. The lowest BCUT2D eigenvalue weighted by atomic mass is 9.79. The molecular formula is C27H31N3O3. The molecular weight excluding hydrogens is 414 g/mol. The molecule has 1 aliphatic rings. The second-order valence-electron chi connectivity index (χ2n) is 9.16. The maximum Gasteiger partial charge on any atom is 0.306 e. The highest BCUT2D eigenvalue weighted by Gasteiger charge is 2.27. The van der Waals surface area contributed by atoms with Crippen LogP contribution in [0.2, 0.25) is 0 Å². The molecule has 6 heteroatoms. The maximum atomic E-state index is 11.1. The molecule has 6 nitrogen and oxygen atoms in total. The number of anilines is 2. The Morgan fingerprint density at radius 3 is 2.42 bits per heavy atom. The third-order valence-electron chi connectivity index (χ3n) is 6.51. The summed E-state index contributed by atoms with van der Waals surface area (Å²) in [4.78, 5) is 19.8. The van der Waals surface area contributed by atoms with Crippen molar-refractivity contribution in [3.8, 4) is 11.1 Å². The number of rotatable bonds is 7. The summed E-state index contributed by atoms with van der Waals surface area (Å²) in [6.45, 7) is 3.99. The van der Waals surface area contributed by atoms with Crippen molar-refractivity contribution in [1.82, 2.24) is 9.97 Å². The Hall–Kier alpha value is -3.25. The standard InChI is InChI=1S/C27H31N3O3/c1-17-13-23(16-24(14-17)30-27-28-12-11-18(2)29-27)20-7-9-21(10-8-20)25(31)15-19-3-5-22(6-4-19)26(32)33/h7-14,16,19,22,25,31H,3-6,15H2,1-2H3,(H,32,33)(H,28,29,30). The summed E-state index contributed by atoms with van der Waals surface area (Å²) < 4.78 is 0. The molecule has 4 rings (SSSR count). The molecule has 1 unspecified atom stereocenters. The minimum atomic E-state index is -0.689. The number of carboxylic acids is 1. The molecule has 0 spiro atoms. The zero-order valence-corrected chi connectivity index (χ0v) is 19.2. The second-order valence-corrected chi connectivity index (χ2v) is 9.16. The summed E-state index contributed by atoms with van der Waals surface area (Å²) >= 11 is 0. The maximum absolute atomic E-state index is 11.1. The van der Waals surface area contributed by atoms with E-state index in [1.54, 1.807) is 6.20 Å². The second kappa shape index (κ2) is 10.1. The van der Waals surface area contributed by atoms with Crippen molar-refractivity contribution in [2.45, 2.75) is 52.1 Å². The van der Waals surface area contributed by atoms with Crippen molar-refractivity contribution in [2.75, 3.05) is 5.32 Å². The predicted molar refractivity (Wildman–Crippen MR) is 129 cm³/mol. The fourth-order valence-corrected chi connectivity index (χ4v) is 4.65. The molecule has 2 aromatic carbocycles. The first-order valence-electron chi connectivity index (χ1n) is 11.6. The van der Waals surface area contributed by atoms with Gasteiger partial charge in [-0.2, -0.15) is 0 Å². The topological polar surface area (TPSA) is 95.3 Å². The number of nitrogens with zero attached hydrogens (tertiary/aromatic N) is 2. The van der Waals surface area contributed by atoms with Crippen LogP contribution in [0.3, 0.4) is 0 Å². The van der Waals surface area contributed by atoms with E-state index in [0.29, 0.717) is 31.1 Å². The summed E-state index contributed by atoms with van der Waals surface area (Å²) in [6.07, 6.45) is 5.06. The van der Waals surface area contributed by atoms with Gasteiger partial charge in [0.05, 0.1) is 12.0 Å². The number of aliphatic hydroxyl groups is 1. The van der Waals surface area contributed by atoms with Crippen LogP contribution < -0.4 is 5.32 Å². The number of carbonyl (C=O) groups is 1. The van der Waals surface area contributed by atoms with Gasteiger partial charge in [-0.1, -0.05) is 30.3 Å². The highest BCUT2D eigenvalue weighted by atomic mass is 16.4. The van der Waals surface area contributed by atoms with Crippen LogP contribution in [-0.4, -0.2) is 26.2 Å². The van der Waals surface area contributed by atoms with Gasteiger partial charge in [0.2, 0.25) is 5.95 Å². The molecule has 0 radical (unpaired) electrons. The Labute approximate surface area is 194 Å². The fourth-order valence-electron chi connectivity index (χ4n) is 4.65. The van der Waals surface area contributed by atoms with Crippen LogP contribution in [0.4, 0.5) is 11.6 Å². The molecule has 172 valence electrons. The SMILES string of the molecule is Cc1cc(Nc2nccc(C)n2)cc(-c2ccc(C(O)CC3CCC(C(=O)O)CC3)cc2)c1. The summed E-state index contributed by atoms with van der Waals surface area (Å²) in [5.41, 5.74) is 6.02. The van der Waals surface area contributed by atoms with Crippen molar-refractivity contribution in [3.05, 3.63) is 71.5 Å². The van der Waals surface area contributed by atoms with Gasteiger partial charge in [-0.25, -0.2) is 9.97 Å². The van der Waals surface area contributed by atoms with Gasteiger partial charge in [0.15, 0.2) is 0 Å². The lowest BCUT2D eigenvalue weighted by Crippen LogP contribution is -2.22. The normalized spacial score (nSPS) is 19.1. The van der Waals surface area contributed by atoms with E-state index in [4.69, 9.17) is 5.11 Å². The van der Waals surface area contributed by atoms with Gasteiger partial charge in [-0.05, 0) is 92.3 Å². The molecule has 3 N–H and O–H groups in total. The van der Waals surface area contributed by atoms with Crippen LogP contribution in [0.15, 0.2) is 54.7 Å². The van der Waals surface area contributed by atoms with Gasteiger partial charge in [0, 0.05) is 17.6 Å². The van der Waals surface area contributed by atoms with Gasteiger partial charge in [0.1, 0.15) is 0 Å². The lowest BCUT2D eigenvalue weighted by molar-refractivity contribution is -0.143. The van der Waals surface area contributed by atoms with Crippen molar-refractivity contribution in [3.63, 3.8) is 0 Å². The van der Waals surface area contributed by atoms with E-state index < -0.39 is 12.1 Å². The zero-order chi connectivity index (χ0) is 23.4. The number of aromatic nitrogens is 2. The Morgan fingerprint density at radius 2 is 1.76 bits per heavy atom. The summed E-state index contributed by atoms with van der Waals surface area (Å²) in [5.74, 6) is 0.0429. The first-order chi connectivity index (χ1) is 15.9. The molecule has 33 heavy (non-hydrogen) atoms. The number of hydrogen-bond acceptors (Lipinski definition) is 5. The number of benzene rings is 2. The monoisotopic (exact) mass is 445 g/mol. The molecule has 0 saturated heterocycles. The first-order valence-corrected chi connectivity index (χ1v) is 11.6. The van der Waals surface area contributed by atoms with E-state index in [1.807, 2.05) is 37.3 Å². The van der Waals surface area contributed by atoms with Crippen molar-refractivity contribution in [2.24, 2.45) is 11.8 Å². The minimum absolute atomic E-state index is 0.219. The molecule has 1 heterocycles. The molecule has 0 bridgehead atoms. The third kappa shape index (κ3) is 5.96. The Morgan fingerprint density at radius 1 is 1.03 bits per heavy atom. The van der Waals surface area contributed by atoms with Crippen LogP contribution in [0, 0.1) is 25.7 Å². The van der Waals surface area contributed by atoms with E-state index in [2.05, 4.69) is 40.4 Å². The van der Waals surface area contributed by atoms with Crippen LogP contribution in [-0.2, 0) is 4.79 Å². The van der Waals surface area contributed by atoms with Gasteiger partial charge in [0.25, 0.3) is 0 Å².